The van der Waals surface area contributed by atoms with Crippen LogP contribution in [0.5, 0.6) is 0 Å². The molecule has 0 unspecified atom stereocenters. The average molecular weight is 324 g/mol. The molecule has 2 amide bonds. The molecule has 0 fully saturated rings. The van der Waals surface area contributed by atoms with Crippen molar-refractivity contribution in [1.29, 1.82) is 0 Å². The fraction of sp³-hybridized carbons (Fsp3) is 0.300. The molecule has 0 spiro atoms. The standard InChI is InChI=1S/C20H24N2O2/c1-3-5-19(23)21-13-16-8-10-18(11-9-16)20(24)22-14-17-7-4-6-15(2)12-17/h4,6-12H,3,5,13-14H2,1-2H3,(H,21,23)(H,22,24). The summed E-state index contributed by atoms with van der Waals surface area (Å²) in [5, 5.41) is 5.78. The van der Waals surface area contributed by atoms with Crippen LogP contribution in [0.3, 0.4) is 0 Å². The van der Waals surface area contributed by atoms with Gasteiger partial charge in [0.1, 0.15) is 0 Å². The molecule has 0 aromatic heterocycles. The molecule has 0 heterocycles. The van der Waals surface area contributed by atoms with Crippen LogP contribution in [0.25, 0.3) is 0 Å². The summed E-state index contributed by atoms with van der Waals surface area (Å²) >= 11 is 0. The molecular weight excluding hydrogens is 300 g/mol. The maximum Gasteiger partial charge on any atom is 0.251 e. The van der Waals surface area contributed by atoms with E-state index in [1.165, 1.54) is 5.56 Å². The number of amides is 2. The van der Waals surface area contributed by atoms with Gasteiger partial charge in [0.25, 0.3) is 5.91 Å². The van der Waals surface area contributed by atoms with Crippen LogP contribution >= 0.6 is 0 Å². The molecule has 2 rings (SSSR count). The second-order valence-electron chi connectivity index (χ2n) is 5.90. The highest BCUT2D eigenvalue weighted by atomic mass is 16.2. The van der Waals surface area contributed by atoms with Gasteiger partial charge in [-0.15, -0.1) is 0 Å². The molecule has 2 N–H and O–H groups in total. The predicted molar refractivity (Wildman–Crippen MR) is 95.5 cm³/mol. The quantitative estimate of drug-likeness (QED) is 0.820. The zero-order chi connectivity index (χ0) is 17.4. The van der Waals surface area contributed by atoms with Crippen molar-refractivity contribution in [3.05, 3.63) is 70.8 Å². The largest absolute Gasteiger partial charge is 0.352 e. The molecule has 4 nitrogen and oxygen atoms in total. The second kappa shape index (κ2) is 8.87. The van der Waals surface area contributed by atoms with Gasteiger partial charge in [0.2, 0.25) is 5.91 Å². The van der Waals surface area contributed by atoms with Crippen molar-refractivity contribution in [2.75, 3.05) is 0 Å². The number of hydrogen-bond donors (Lipinski definition) is 2. The van der Waals surface area contributed by atoms with Gasteiger partial charge in [-0.3, -0.25) is 9.59 Å². The van der Waals surface area contributed by atoms with Gasteiger partial charge >= 0.3 is 0 Å². The number of carbonyl (C=O) groups is 2. The molecule has 24 heavy (non-hydrogen) atoms. The third-order valence-corrected chi connectivity index (χ3v) is 3.72. The number of rotatable bonds is 7. The fourth-order valence-electron chi connectivity index (χ4n) is 2.40. The van der Waals surface area contributed by atoms with Crippen LogP contribution in [0.2, 0.25) is 0 Å². The van der Waals surface area contributed by atoms with E-state index in [1.54, 1.807) is 12.1 Å². The lowest BCUT2D eigenvalue weighted by Gasteiger charge is -2.08. The Morgan fingerprint density at radius 2 is 1.62 bits per heavy atom. The maximum atomic E-state index is 12.2. The lowest BCUT2D eigenvalue weighted by molar-refractivity contribution is -0.121. The highest BCUT2D eigenvalue weighted by molar-refractivity contribution is 5.94. The summed E-state index contributed by atoms with van der Waals surface area (Å²) < 4.78 is 0. The predicted octanol–water partition coefficient (Wildman–Crippen LogP) is 3.34. The molecular formula is C20H24N2O2. The Kier molecular flexibility index (Phi) is 6.55. The third kappa shape index (κ3) is 5.54. The summed E-state index contributed by atoms with van der Waals surface area (Å²) in [5.74, 6) is -0.0458. The molecule has 2 aromatic carbocycles. The van der Waals surface area contributed by atoms with Crippen LogP contribution in [0.4, 0.5) is 0 Å². The zero-order valence-corrected chi connectivity index (χ0v) is 14.3. The highest BCUT2D eigenvalue weighted by Gasteiger charge is 2.06. The van der Waals surface area contributed by atoms with Gasteiger partial charge in [-0.25, -0.2) is 0 Å². The van der Waals surface area contributed by atoms with Crippen LogP contribution in [-0.4, -0.2) is 11.8 Å². The first-order valence-electron chi connectivity index (χ1n) is 8.28. The molecule has 0 aliphatic heterocycles. The number of hydrogen-bond acceptors (Lipinski definition) is 2. The van der Waals surface area contributed by atoms with E-state index < -0.39 is 0 Å². The normalized spacial score (nSPS) is 10.2. The van der Waals surface area contributed by atoms with Crippen molar-refractivity contribution >= 4 is 11.8 Å². The summed E-state index contributed by atoms with van der Waals surface area (Å²) in [6.07, 6.45) is 1.38. The average Bonchev–Trinajstić information content (AvgIpc) is 2.59. The Morgan fingerprint density at radius 1 is 0.917 bits per heavy atom. The number of nitrogens with one attached hydrogen (secondary N) is 2. The summed E-state index contributed by atoms with van der Waals surface area (Å²) in [6, 6.07) is 15.4. The van der Waals surface area contributed by atoms with Crippen LogP contribution in [0.1, 0.15) is 46.8 Å². The summed E-state index contributed by atoms with van der Waals surface area (Å²) in [5.41, 5.74) is 3.86. The molecule has 4 heteroatoms. The van der Waals surface area contributed by atoms with Gasteiger partial charge in [0.15, 0.2) is 0 Å². The van der Waals surface area contributed by atoms with E-state index in [1.807, 2.05) is 44.2 Å². The van der Waals surface area contributed by atoms with E-state index in [4.69, 9.17) is 0 Å². The fourth-order valence-corrected chi connectivity index (χ4v) is 2.40. The first-order valence-corrected chi connectivity index (χ1v) is 8.28. The smallest absolute Gasteiger partial charge is 0.251 e. The van der Waals surface area contributed by atoms with E-state index in [2.05, 4.69) is 16.7 Å². The van der Waals surface area contributed by atoms with Crippen LogP contribution in [0, 0.1) is 6.92 Å². The van der Waals surface area contributed by atoms with Crippen molar-refractivity contribution in [1.82, 2.24) is 10.6 Å². The van der Waals surface area contributed by atoms with Gasteiger partial charge in [0, 0.05) is 25.1 Å². The first kappa shape index (κ1) is 17.7. The Balaban J connectivity index is 1.85. The SMILES string of the molecule is CCCC(=O)NCc1ccc(C(=O)NCc2cccc(C)c2)cc1. The first-order chi connectivity index (χ1) is 11.6. The summed E-state index contributed by atoms with van der Waals surface area (Å²) in [4.78, 5) is 23.6. The Labute approximate surface area is 143 Å². The van der Waals surface area contributed by atoms with Crippen molar-refractivity contribution in [2.45, 2.75) is 39.8 Å². The minimum Gasteiger partial charge on any atom is -0.352 e. The number of carbonyl (C=O) groups excluding carboxylic acids is 2. The topological polar surface area (TPSA) is 58.2 Å². The summed E-state index contributed by atoms with van der Waals surface area (Å²) in [7, 11) is 0. The third-order valence-electron chi connectivity index (χ3n) is 3.72. The van der Waals surface area contributed by atoms with Crippen molar-refractivity contribution in [3.63, 3.8) is 0 Å². The van der Waals surface area contributed by atoms with Gasteiger partial charge in [-0.2, -0.15) is 0 Å². The highest BCUT2D eigenvalue weighted by Crippen LogP contribution is 2.07. The van der Waals surface area contributed by atoms with Crippen molar-refractivity contribution in [3.8, 4) is 0 Å². The minimum atomic E-state index is -0.0990. The molecule has 0 bridgehead atoms. The van der Waals surface area contributed by atoms with Gasteiger partial charge in [0.05, 0.1) is 0 Å². The molecule has 0 atom stereocenters. The number of aryl methyl sites for hydroxylation is 1. The Morgan fingerprint density at radius 3 is 2.29 bits per heavy atom. The minimum absolute atomic E-state index is 0.0532. The summed E-state index contributed by atoms with van der Waals surface area (Å²) in [6.45, 7) is 5.01. The van der Waals surface area contributed by atoms with Crippen molar-refractivity contribution in [2.24, 2.45) is 0 Å². The zero-order valence-electron chi connectivity index (χ0n) is 14.3. The molecule has 2 aromatic rings. The molecule has 0 aliphatic carbocycles. The molecule has 0 radical (unpaired) electrons. The van der Waals surface area contributed by atoms with Gasteiger partial charge in [-0.1, -0.05) is 48.9 Å². The Bertz CT molecular complexity index is 693. The van der Waals surface area contributed by atoms with Gasteiger partial charge in [-0.05, 0) is 36.6 Å². The van der Waals surface area contributed by atoms with Gasteiger partial charge < -0.3 is 10.6 Å². The van der Waals surface area contributed by atoms with Crippen LogP contribution in [-0.2, 0) is 17.9 Å². The Hall–Kier alpha value is -2.62. The van der Waals surface area contributed by atoms with Crippen molar-refractivity contribution < 1.29 is 9.59 Å². The van der Waals surface area contributed by atoms with Crippen LogP contribution in [0.15, 0.2) is 48.5 Å². The van der Waals surface area contributed by atoms with E-state index in [0.29, 0.717) is 25.1 Å². The lowest BCUT2D eigenvalue weighted by atomic mass is 10.1. The molecule has 0 saturated heterocycles. The van der Waals surface area contributed by atoms with E-state index >= 15 is 0 Å². The van der Waals surface area contributed by atoms with E-state index in [0.717, 1.165) is 17.5 Å². The lowest BCUT2D eigenvalue weighted by Crippen LogP contribution is -2.23. The molecule has 0 saturated carbocycles. The molecule has 0 aliphatic rings. The van der Waals surface area contributed by atoms with E-state index in [-0.39, 0.29) is 11.8 Å². The number of benzene rings is 2. The monoisotopic (exact) mass is 324 g/mol. The maximum absolute atomic E-state index is 12.2. The van der Waals surface area contributed by atoms with Crippen LogP contribution < -0.4 is 10.6 Å². The molecule has 126 valence electrons. The van der Waals surface area contributed by atoms with E-state index in [9.17, 15) is 9.59 Å². The second-order valence-corrected chi connectivity index (χ2v) is 5.90.